The van der Waals surface area contributed by atoms with Gasteiger partial charge in [0.1, 0.15) is 5.82 Å². The summed E-state index contributed by atoms with van der Waals surface area (Å²) in [5, 5.41) is 13.9. The van der Waals surface area contributed by atoms with Gasteiger partial charge in [-0.3, -0.25) is 5.32 Å². The van der Waals surface area contributed by atoms with Crippen molar-refractivity contribution in [1.29, 1.82) is 0 Å². The van der Waals surface area contributed by atoms with Crippen molar-refractivity contribution in [3.05, 3.63) is 22.3 Å². The second-order valence-electron chi connectivity index (χ2n) is 3.53. The molecule has 0 unspecified atom stereocenters. The summed E-state index contributed by atoms with van der Waals surface area (Å²) in [6, 6.07) is 1.18. The van der Waals surface area contributed by atoms with E-state index in [-0.39, 0.29) is 12.6 Å². The molecule has 0 aromatic carbocycles. The third-order valence-electron chi connectivity index (χ3n) is 1.86. The van der Waals surface area contributed by atoms with Crippen LogP contribution in [0, 0.1) is 6.92 Å². The van der Waals surface area contributed by atoms with E-state index in [1.807, 2.05) is 13.0 Å². The number of nitrogens with zero attached hydrogens (tertiary/aromatic N) is 1. The molecule has 88 valence electrons. The van der Waals surface area contributed by atoms with Crippen LogP contribution < -0.4 is 10.6 Å². The number of carbonyl (C=O) groups excluding carboxylic acids is 1. The largest absolute Gasteiger partial charge is 0.394 e. The molecule has 16 heavy (non-hydrogen) atoms. The van der Waals surface area contributed by atoms with E-state index in [0.717, 1.165) is 10.0 Å². The molecule has 0 radical (unpaired) electrons. The fourth-order valence-electron chi connectivity index (χ4n) is 1.04. The number of nitrogens with one attached hydrogen (secondary N) is 2. The number of aromatic nitrogens is 1. The Morgan fingerprint density at radius 3 is 2.94 bits per heavy atom. The number of aliphatic hydroxyl groups is 1. The number of urea groups is 1. The third kappa shape index (κ3) is 3.79. The van der Waals surface area contributed by atoms with Crippen LogP contribution in [0.3, 0.4) is 0 Å². The predicted molar refractivity (Wildman–Crippen MR) is 65.4 cm³/mol. The van der Waals surface area contributed by atoms with Gasteiger partial charge in [-0.2, -0.15) is 0 Å². The van der Waals surface area contributed by atoms with E-state index in [9.17, 15) is 4.79 Å². The summed E-state index contributed by atoms with van der Waals surface area (Å²) in [5.74, 6) is 0.452. The minimum atomic E-state index is -0.390. The quantitative estimate of drug-likeness (QED) is 0.791. The first-order chi connectivity index (χ1) is 7.52. The molecule has 2 amide bonds. The van der Waals surface area contributed by atoms with Gasteiger partial charge in [0.25, 0.3) is 0 Å². The zero-order valence-electron chi connectivity index (χ0n) is 9.12. The maximum absolute atomic E-state index is 11.4. The fourth-order valence-corrected chi connectivity index (χ4v) is 1.60. The Morgan fingerprint density at radius 2 is 2.38 bits per heavy atom. The summed E-state index contributed by atoms with van der Waals surface area (Å²) in [6.07, 6.45) is 1.66. The number of anilines is 1. The lowest BCUT2D eigenvalue weighted by Gasteiger charge is -2.12. The van der Waals surface area contributed by atoms with Crippen molar-refractivity contribution in [2.45, 2.75) is 19.9 Å². The van der Waals surface area contributed by atoms with Crippen molar-refractivity contribution in [3.8, 4) is 0 Å². The molecule has 0 saturated carbocycles. The number of rotatable bonds is 3. The number of aryl methyl sites for hydroxylation is 1. The smallest absolute Gasteiger partial charge is 0.320 e. The van der Waals surface area contributed by atoms with E-state index >= 15 is 0 Å². The lowest BCUT2D eigenvalue weighted by Crippen LogP contribution is -2.38. The van der Waals surface area contributed by atoms with E-state index in [1.165, 1.54) is 0 Å². The molecule has 0 aliphatic heterocycles. The SMILES string of the molecule is Cc1cnc(NC(=O)N[C@@H](C)CO)c(Br)c1. The van der Waals surface area contributed by atoms with E-state index in [2.05, 4.69) is 31.5 Å². The maximum Gasteiger partial charge on any atom is 0.320 e. The van der Waals surface area contributed by atoms with Crippen molar-refractivity contribution in [1.82, 2.24) is 10.3 Å². The lowest BCUT2D eigenvalue weighted by atomic mass is 10.3. The zero-order valence-corrected chi connectivity index (χ0v) is 10.7. The van der Waals surface area contributed by atoms with Crippen LogP contribution in [0.15, 0.2) is 16.7 Å². The molecule has 0 bridgehead atoms. The zero-order chi connectivity index (χ0) is 12.1. The molecule has 6 heteroatoms. The standard InChI is InChI=1S/C10H14BrN3O2/c1-6-3-8(11)9(12-4-6)14-10(16)13-7(2)5-15/h3-4,7,15H,5H2,1-2H3,(H2,12,13,14,16)/t7-/m0/s1. The van der Waals surface area contributed by atoms with Crippen LogP contribution in [0.25, 0.3) is 0 Å². The van der Waals surface area contributed by atoms with Gasteiger partial charge in [0.15, 0.2) is 0 Å². The lowest BCUT2D eigenvalue weighted by molar-refractivity contribution is 0.229. The van der Waals surface area contributed by atoms with Crippen LogP contribution in [0.2, 0.25) is 0 Å². The molecule has 1 rings (SSSR count). The van der Waals surface area contributed by atoms with Gasteiger partial charge in [0.2, 0.25) is 0 Å². The Labute approximate surface area is 102 Å². The molecular formula is C10H14BrN3O2. The molecule has 1 aromatic rings. The third-order valence-corrected chi connectivity index (χ3v) is 2.47. The van der Waals surface area contributed by atoms with Crippen LogP contribution in [0.1, 0.15) is 12.5 Å². The average Bonchev–Trinajstić information content (AvgIpc) is 2.22. The molecule has 5 nitrogen and oxygen atoms in total. The molecular weight excluding hydrogens is 274 g/mol. The highest BCUT2D eigenvalue weighted by Crippen LogP contribution is 2.20. The van der Waals surface area contributed by atoms with Crippen molar-refractivity contribution in [3.63, 3.8) is 0 Å². The molecule has 3 N–H and O–H groups in total. The van der Waals surface area contributed by atoms with Crippen molar-refractivity contribution in [2.24, 2.45) is 0 Å². The first-order valence-corrected chi connectivity index (χ1v) is 5.62. The predicted octanol–water partition coefficient (Wildman–Crippen LogP) is 1.65. The van der Waals surface area contributed by atoms with E-state index in [0.29, 0.717) is 5.82 Å². The van der Waals surface area contributed by atoms with Crippen molar-refractivity contribution in [2.75, 3.05) is 11.9 Å². The second-order valence-corrected chi connectivity index (χ2v) is 4.38. The summed E-state index contributed by atoms with van der Waals surface area (Å²) in [6.45, 7) is 3.52. The molecule has 0 aliphatic rings. The Kier molecular flexibility index (Phi) is 4.70. The first-order valence-electron chi connectivity index (χ1n) is 4.83. The van der Waals surface area contributed by atoms with Gasteiger partial charge in [-0.1, -0.05) is 0 Å². The highest BCUT2D eigenvalue weighted by Gasteiger charge is 2.08. The fraction of sp³-hybridized carbons (Fsp3) is 0.400. The van der Waals surface area contributed by atoms with Gasteiger partial charge in [0.05, 0.1) is 17.1 Å². The second kappa shape index (κ2) is 5.81. The molecule has 1 atom stereocenters. The number of hydrogen-bond donors (Lipinski definition) is 3. The normalized spacial score (nSPS) is 12.0. The molecule has 0 fully saturated rings. The number of halogens is 1. The number of pyridine rings is 1. The molecule has 1 aromatic heterocycles. The molecule has 0 aliphatic carbocycles. The van der Waals surface area contributed by atoms with Gasteiger partial charge >= 0.3 is 6.03 Å². The van der Waals surface area contributed by atoms with Crippen molar-refractivity contribution >= 4 is 27.8 Å². The Balaban J connectivity index is 2.63. The number of amides is 2. The summed E-state index contributed by atoms with van der Waals surface area (Å²) < 4.78 is 0.722. The highest BCUT2D eigenvalue weighted by atomic mass is 79.9. The summed E-state index contributed by atoms with van der Waals surface area (Å²) in [5.41, 5.74) is 1.00. The molecule has 0 spiro atoms. The Hall–Kier alpha value is -1.14. The Morgan fingerprint density at radius 1 is 1.69 bits per heavy atom. The monoisotopic (exact) mass is 287 g/mol. The summed E-state index contributed by atoms with van der Waals surface area (Å²) in [7, 11) is 0. The van der Waals surface area contributed by atoms with E-state index < -0.39 is 6.03 Å². The van der Waals surface area contributed by atoms with Crippen LogP contribution in [-0.2, 0) is 0 Å². The molecule has 0 saturated heterocycles. The number of aliphatic hydroxyl groups excluding tert-OH is 1. The van der Waals surface area contributed by atoms with Crippen LogP contribution in [-0.4, -0.2) is 28.8 Å². The van der Waals surface area contributed by atoms with Crippen LogP contribution in [0.4, 0.5) is 10.6 Å². The minimum Gasteiger partial charge on any atom is -0.394 e. The Bertz CT molecular complexity index is 384. The van der Waals surface area contributed by atoms with Gasteiger partial charge in [-0.15, -0.1) is 0 Å². The summed E-state index contributed by atoms with van der Waals surface area (Å²) >= 11 is 3.30. The van der Waals surface area contributed by atoms with Crippen LogP contribution in [0.5, 0.6) is 0 Å². The van der Waals surface area contributed by atoms with Gasteiger partial charge in [-0.25, -0.2) is 9.78 Å². The minimum absolute atomic E-state index is 0.101. The average molecular weight is 288 g/mol. The topological polar surface area (TPSA) is 74.2 Å². The van der Waals surface area contributed by atoms with E-state index in [1.54, 1.807) is 13.1 Å². The van der Waals surface area contributed by atoms with Gasteiger partial charge in [0, 0.05) is 6.20 Å². The number of carbonyl (C=O) groups is 1. The first kappa shape index (κ1) is 12.9. The molecule has 1 heterocycles. The number of hydrogen-bond acceptors (Lipinski definition) is 3. The van der Waals surface area contributed by atoms with Gasteiger partial charge in [-0.05, 0) is 41.4 Å². The van der Waals surface area contributed by atoms with Crippen LogP contribution >= 0.6 is 15.9 Å². The summed E-state index contributed by atoms with van der Waals surface area (Å²) in [4.78, 5) is 15.5. The maximum atomic E-state index is 11.4. The highest BCUT2D eigenvalue weighted by molar-refractivity contribution is 9.10. The van der Waals surface area contributed by atoms with E-state index in [4.69, 9.17) is 5.11 Å². The van der Waals surface area contributed by atoms with Gasteiger partial charge < -0.3 is 10.4 Å². The van der Waals surface area contributed by atoms with Crippen molar-refractivity contribution < 1.29 is 9.90 Å².